The molecule has 25 heavy (non-hydrogen) atoms. The molecule has 1 aromatic heterocycles. The molecule has 0 bridgehead atoms. The summed E-state index contributed by atoms with van der Waals surface area (Å²) < 4.78 is 10.9. The Morgan fingerprint density at radius 1 is 1.20 bits per heavy atom. The lowest BCUT2D eigenvalue weighted by molar-refractivity contribution is -0.147. The molecule has 0 atom stereocenters. The van der Waals surface area contributed by atoms with Crippen LogP contribution in [-0.4, -0.2) is 47.7 Å². The number of nitrogens with zero attached hydrogens (tertiary/aromatic N) is 1. The van der Waals surface area contributed by atoms with Crippen LogP contribution in [0.3, 0.4) is 0 Å². The summed E-state index contributed by atoms with van der Waals surface area (Å²) in [6.07, 6.45) is 3.08. The SMILES string of the molecule is Cc1cc2occ(CC(=O)N(CC(=O)O)C3CCOCC3)c2cc1C. The molecule has 1 N–H and O–H groups in total. The highest BCUT2D eigenvalue weighted by Crippen LogP contribution is 2.26. The lowest BCUT2D eigenvalue weighted by atomic mass is 10.0. The van der Waals surface area contributed by atoms with E-state index in [1.54, 1.807) is 6.26 Å². The van der Waals surface area contributed by atoms with Crippen LogP contribution in [-0.2, 0) is 20.7 Å². The van der Waals surface area contributed by atoms with E-state index in [2.05, 4.69) is 0 Å². The molecule has 1 saturated heterocycles. The van der Waals surface area contributed by atoms with Crippen molar-refractivity contribution in [2.75, 3.05) is 19.8 Å². The lowest BCUT2D eigenvalue weighted by Crippen LogP contribution is -2.46. The van der Waals surface area contributed by atoms with Gasteiger partial charge in [0.15, 0.2) is 0 Å². The molecule has 0 radical (unpaired) electrons. The largest absolute Gasteiger partial charge is 0.480 e. The molecule has 1 aliphatic rings. The van der Waals surface area contributed by atoms with Crippen molar-refractivity contribution in [2.24, 2.45) is 0 Å². The molecule has 1 aliphatic heterocycles. The van der Waals surface area contributed by atoms with Crippen molar-refractivity contribution in [1.29, 1.82) is 0 Å². The number of aryl methyl sites for hydroxylation is 2. The predicted molar refractivity (Wildman–Crippen MR) is 92.6 cm³/mol. The number of carbonyl (C=O) groups excluding carboxylic acids is 1. The summed E-state index contributed by atoms with van der Waals surface area (Å²) in [7, 11) is 0. The molecule has 1 fully saturated rings. The van der Waals surface area contributed by atoms with E-state index in [1.807, 2.05) is 26.0 Å². The predicted octanol–water partition coefficient (Wildman–Crippen LogP) is 2.68. The number of benzene rings is 1. The van der Waals surface area contributed by atoms with Gasteiger partial charge >= 0.3 is 5.97 Å². The van der Waals surface area contributed by atoms with Crippen LogP contribution in [0.1, 0.15) is 29.5 Å². The number of ether oxygens (including phenoxy) is 1. The number of hydrogen-bond donors (Lipinski definition) is 1. The molecule has 0 aliphatic carbocycles. The second-order valence-electron chi connectivity index (χ2n) is 6.63. The van der Waals surface area contributed by atoms with Crippen LogP contribution < -0.4 is 0 Å². The Labute approximate surface area is 146 Å². The Morgan fingerprint density at radius 2 is 1.88 bits per heavy atom. The quantitative estimate of drug-likeness (QED) is 0.901. The van der Waals surface area contributed by atoms with E-state index in [4.69, 9.17) is 9.15 Å². The van der Waals surface area contributed by atoms with Crippen LogP contribution in [0.15, 0.2) is 22.8 Å². The van der Waals surface area contributed by atoms with Crippen LogP contribution in [0.25, 0.3) is 11.0 Å². The zero-order valence-corrected chi connectivity index (χ0v) is 14.6. The van der Waals surface area contributed by atoms with Gasteiger partial charge in [-0.15, -0.1) is 0 Å². The van der Waals surface area contributed by atoms with E-state index in [-0.39, 0.29) is 24.9 Å². The summed E-state index contributed by atoms with van der Waals surface area (Å²) in [5, 5.41) is 10.1. The molecular formula is C19H23NO5. The third-order valence-electron chi connectivity index (χ3n) is 4.87. The minimum absolute atomic E-state index is 0.0838. The highest BCUT2D eigenvalue weighted by molar-refractivity contribution is 5.89. The first-order chi connectivity index (χ1) is 12.0. The highest BCUT2D eigenvalue weighted by Gasteiger charge is 2.28. The number of carboxylic acid groups (broad SMARTS) is 1. The number of hydrogen-bond acceptors (Lipinski definition) is 4. The summed E-state index contributed by atoms with van der Waals surface area (Å²) >= 11 is 0. The molecule has 1 amide bonds. The van der Waals surface area contributed by atoms with Gasteiger partial charge in [-0.05, 0) is 49.9 Å². The second kappa shape index (κ2) is 7.27. The minimum Gasteiger partial charge on any atom is -0.480 e. The van der Waals surface area contributed by atoms with Crippen LogP contribution >= 0.6 is 0 Å². The fraction of sp³-hybridized carbons (Fsp3) is 0.474. The van der Waals surface area contributed by atoms with E-state index < -0.39 is 5.97 Å². The number of amides is 1. The Morgan fingerprint density at radius 3 is 2.56 bits per heavy atom. The van der Waals surface area contributed by atoms with Crippen molar-refractivity contribution in [3.05, 3.63) is 35.1 Å². The van der Waals surface area contributed by atoms with Crippen molar-refractivity contribution >= 4 is 22.8 Å². The molecule has 0 unspecified atom stereocenters. The summed E-state index contributed by atoms with van der Waals surface area (Å²) in [5.74, 6) is -1.18. The first-order valence-corrected chi connectivity index (χ1v) is 8.52. The van der Waals surface area contributed by atoms with Crippen LogP contribution in [0.2, 0.25) is 0 Å². The first-order valence-electron chi connectivity index (χ1n) is 8.52. The number of carboxylic acids is 1. The summed E-state index contributed by atoms with van der Waals surface area (Å²) in [6.45, 7) is 4.87. The zero-order chi connectivity index (χ0) is 18.0. The fourth-order valence-corrected chi connectivity index (χ4v) is 3.30. The van der Waals surface area contributed by atoms with Crippen molar-refractivity contribution in [1.82, 2.24) is 4.90 Å². The number of fused-ring (bicyclic) bond motifs is 1. The van der Waals surface area contributed by atoms with E-state index >= 15 is 0 Å². The maximum atomic E-state index is 12.8. The maximum absolute atomic E-state index is 12.8. The smallest absolute Gasteiger partial charge is 0.323 e. The van der Waals surface area contributed by atoms with Crippen molar-refractivity contribution in [3.63, 3.8) is 0 Å². The first kappa shape index (κ1) is 17.5. The number of carbonyl (C=O) groups is 2. The topological polar surface area (TPSA) is 80.0 Å². The monoisotopic (exact) mass is 345 g/mol. The van der Waals surface area contributed by atoms with Crippen molar-refractivity contribution < 1.29 is 23.8 Å². The van der Waals surface area contributed by atoms with Crippen LogP contribution in [0.4, 0.5) is 0 Å². The van der Waals surface area contributed by atoms with Gasteiger partial charge in [0.1, 0.15) is 12.1 Å². The van der Waals surface area contributed by atoms with Gasteiger partial charge in [0.2, 0.25) is 5.91 Å². The second-order valence-corrected chi connectivity index (χ2v) is 6.63. The molecule has 3 rings (SSSR count). The Hall–Kier alpha value is -2.34. The maximum Gasteiger partial charge on any atom is 0.323 e. The van der Waals surface area contributed by atoms with Gasteiger partial charge in [-0.3, -0.25) is 9.59 Å². The van der Waals surface area contributed by atoms with Gasteiger partial charge in [-0.1, -0.05) is 0 Å². The average molecular weight is 345 g/mol. The molecule has 2 heterocycles. The zero-order valence-electron chi connectivity index (χ0n) is 14.6. The molecule has 6 nitrogen and oxygen atoms in total. The normalized spacial score (nSPS) is 15.4. The van der Waals surface area contributed by atoms with E-state index in [1.165, 1.54) is 4.90 Å². The highest BCUT2D eigenvalue weighted by atomic mass is 16.5. The molecule has 0 saturated carbocycles. The summed E-state index contributed by atoms with van der Waals surface area (Å²) in [6, 6.07) is 3.90. The van der Waals surface area contributed by atoms with Crippen LogP contribution in [0.5, 0.6) is 0 Å². The van der Waals surface area contributed by atoms with Gasteiger partial charge < -0.3 is 19.2 Å². The van der Waals surface area contributed by atoms with Gasteiger partial charge in [0.25, 0.3) is 0 Å². The Balaban J connectivity index is 1.83. The van der Waals surface area contributed by atoms with Gasteiger partial charge in [-0.2, -0.15) is 0 Å². The van der Waals surface area contributed by atoms with Gasteiger partial charge in [0, 0.05) is 30.2 Å². The Bertz CT molecular complexity index is 788. The van der Waals surface area contributed by atoms with Crippen molar-refractivity contribution in [3.8, 4) is 0 Å². The molecule has 2 aromatic rings. The minimum atomic E-state index is -0.997. The van der Waals surface area contributed by atoms with E-state index in [9.17, 15) is 14.7 Å². The standard InChI is InChI=1S/C19H23NO5/c1-12-7-16-14(11-25-17(16)8-13(12)2)9-18(21)20(10-19(22)23)15-3-5-24-6-4-15/h7-8,11,15H,3-6,9-10H2,1-2H3,(H,22,23). The molecule has 1 aromatic carbocycles. The van der Waals surface area contributed by atoms with Crippen LogP contribution in [0, 0.1) is 13.8 Å². The lowest BCUT2D eigenvalue weighted by Gasteiger charge is -2.33. The van der Waals surface area contributed by atoms with E-state index in [0.717, 1.165) is 27.7 Å². The van der Waals surface area contributed by atoms with Crippen molar-refractivity contribution in [2.45, 2.75) is 39.2 Å². The third-order valence-corrected chi connectivity index (χ3v) is 4.87. The molecular weight excluding hydrogens is 322 g/mol. The average Bonchev–Trinajstić information content (AvgIpc) is 2.95. The number of aliphatic carboxylic acids is 1. The molecule has 0 spiro atoms. The fourth-order valence-electron chi connectivity index (χ4n) is 3.30. The number of furan rings is 1. The third kappa shape index (κ3) is 3.85. The molecule has 6 heteroatoms. The van der Waals surface area contributed by atoms with E-state index in [0.29, 0.717) is 26.1 Å². The summed E-state index contributed by atoms with van der Waals surface area (Å²) in [4.78, 5) is 25.5. The van der Waals surface area contributed by atoms with Gasteiger partial charge in [-0.25, -0.2) is 0 Å². The molecule has 134 valence electrons. The Kier molecular flexibility index (Phi) is 5.08. The number of rotatable bonds is 5. The van der Waals surface area contributed by atoms with Gasteiger partial charge in [0.05, 0.1) is 12.7 Å². The summed E-state index contributed by atoms with van der Waals surface area (Å²) in [5.41, 5.74) is 3.82.